The quantitative estimate of drug-likeness (QED) is 0.908. The lowest BCUT2D eigenvalue weighted by atomic mass is 9.89. The number of aliphatic carboxylic acids is 1. The van der Waals surface area contributed by atoms with Crippen LogP contribution in [0.5, 0.6) is 0 Å². The summed E-state index contributed by atoms with van der Waals surface area (Å²) < 4.78 is 5.45. The molecule has 5 nitrogen and oxygen atoms in total. The van der Waals surface area contributed by atoms with Gasteiger partial charge in [-0.05, 0) is 39.2 Å². The average molecular weight is 305 g/mol. The molecule has 1 aromatic rings. The summed E-state index contributed by atoms with van der Waals surface area (Å²) in [5.41, 5.74) is 0.409. The van der Waals surface area contributed by atoms with E-state index in [0.29, 0.717) is 12.8 Å². The lowest BCUT2D eigenvalue weighted by Crippen LogP contribution is -2.46. The molecule has 22 heavy (non-hydrogen) atoms. The normalized spacial score (nSPS) is 22.2. The lowest BCUT2D eigenvalue weighted by molar-refractivity contribution is -0.144. The maximum atomic E-state index is 12.5. The molecule has 0 radical (unpaired) electrons. The van der Waals surface area contributed by atoms with E-state index in [2.05, 4.69) is 0 Å². The fourth-order valence-corrected chi connectivity index (χ4v) is 2.72. The summed E-state index contributed by atoms with van der Waals surface area (Å²) in [6.07, 6.45) is 0.737. The van der Waals surface area contributed by atoms with Crippen LogP contribution in [0.1, 0.15) is 45.2 Å². The highest BCUT2D eigenvalue weighted by molar-refractivity contribution is 5.73. The third kappa shape index (κ3) is 4.00. The topological polar surface area (TPSA) is 66.8 Å². The van der Waals surface area contributed by atoms with Crippen LogP contribution in [0.25, 0.3) is 0 Å². The van der Waals surface area contributed by atoms with Gasteiger partial charge in [-0.15, -0.1) is 0 Å². The van der Waals surface area contributed by atoms with E-state index in [4.69, 9.17) is 4.74 Å². The van der Waals surface area contributed by atoms with Crippen molar-refractivity contribution in [3.8, 4) is 0 Å². The lowest BCUT2D eigenvalue weighted by Gasteiger charge is -2.39. The van der Waals surface area contributed by atoms with E-state index in [9.17, 15) is 14.7 Å². The number of amides is 1. The molecule has 2 rings (SSSR count). The second-order valence-electron chi connectivity index (χ2n) is 6.67. The second kappa shape index (κ2) is 6.38. The van der Waals surface area contributed by atoms with Crippen molar-refractivity contribution in [2.75, 3.05) is 6.54 Å². The Hall–Kier alpha value is -2.04. The Kier molecular flexibility index (Phi) is 4.74. The van der Waals surface area contributed by atoms with E-state index in [-0.39, 0.29) is 12.6 Å². The van der Waals surface area contributed by atoms with Gasteiger partial charge < -0.3 is 14.7 Å². The number of likely N-dealkylation sites (tertiary alicyclic amines) is 1. The Morgan fingerprint density at radius 1 is 1.18 bits per heavy atom. The molecule has 120 valence electrons. The number of carboxylic acids is 1. The van der Waals surface area contributed by atoms with Crippen molar-refractivity contribution in [3.05, 3.63) is 35.9 Å². The van der Waals surface area contributed by atoms with Crippen LogP contribution in [0, 0.1) is 5.92 Å². The molecule has 1 aromatic carbocycles. The van der Waals surface area contributed by atoms with Crippen molar-refractivity contribution in [1.82, 2.24) is 4.90 Å². The van der Waals surface area contributed by atoms with E-state index in [1.165, 1.54) is 0 Å². The van der Waals surface area contributed by atoms with E-state index in [1.807, 2.05) is 30.3 Å². The van der Waals surface area contributed by atoms with Crippen molar-refractivity contribution in [2.24, 2.45) is 5.92 Å². The Morgan fingerprint density at radius 2 is 1.82 bits per heavy atom. The van der Waals surface area contributed by atoms with Crippen molar-refractivity contribution in [2.45, 2.75) is 45.3 Å². The molecule has 1 fully saturated rings. The van der Waals surface area contributed by atoms with E-state index in [0.717, 1.165) is 5.56 Å². The Balaban J connectivity index is 2.24. The maximum Gasteiger partial charge on any atom is 0.410 e. The molecule has 5 heteroatoms. The van der Waals surface area contributed by atoms with Gasteiger partial charge in [0.25, 0.3) is 0 Å². The highest BCUT2D eigenvalue weighted by Gasteiger charge is 2.37. The van der Waals surface area contributed by atoms with Crippen LogP contribution >= 0.6 is 0 Å². The highest BCUT2D eigenvalue weighted by atomic mass is 16.6. The molecule has 2 atom stereocenters. The SMILES string of the molecule is CC(C)(C)OC(=O)N1C[C@H](C(=O)O)CC[C@@H]1c1ccccc1. The standard InChI is InChI=1S/C17H23NO4/c1-17(2,3)22-16(21)18-11-13(15(19)20)9-10-14(18)12-7-5-4-6-8-12/h4-8,13-14H,9-11H2,1-3H3,(H,19,20)/t13-,14-/m1/s1. The molecule has 1 saturated heterocycles. The van der Waals surface area contributed by atoms with E-state index >= 15 is 0 Å². The van der Waals surface area contributed by atoms with E-state index in [1.54, 1.807) is 25.7 Å². The Morgan fingerprint density at radius 3 is 2.36 bits per heavy atom. The first-order chi connectivity index (χ1) is 10.3. The number of piperidine rings is 1. The van der Waals surface area contributed by atoms with Crippen molar-refractivity contribution < 1.29 is 19.4 Å². The summed E-state index contributed by atoms with van der Waals surface area (Å²) in [6.45, 7) is 5.60. The van der Waals surface area contributed by atoms with Gasteiger partial charge in [-0.1, -0.05) is 30.3 Å². The Labute approximate surface area is 130 Å². The predicted octanol–water partition coefficient (Wildman–Crippen LogP) is 3.46. The van der Waals surface area contributed by atoms with Crippen molar-refractivity contribution in [1.29, 1.82) is 0 Å². The summed E-state index contributed by atoms with van der Waals surface area (Å²) in [6, 6.07) is 9.56. The number of benzene rings is 1. The van der Waals surface area contributed by atoms with Gasteiger partial charge in [-0.25, -0.2) is 4.79 Å². The third-order valence-corrected chi connectivity index (χ3v) is 3.74. The first kappa shape index (κ1) is 16.3. The zero-order valence-electron chi connectivity index (χ0n) is 13.3. The summed E-state index contributed by atoms with van der Waals surface area (Å²) in [4.78, 5) is 25.3. The number of nitrogens with zero attached hydrogens (tertiary/aromatic N) is 1. The average Bonchev–Trinajstić information content (AvgIpc) is 2.45. The molecule has 0 aromatic heterocycles. The number of carboxylic acid groups (broad SMARTS) is 1. The van der Waals surface area contributed by atoms with Crippen molar-refractivity contribution in [3.63, 3.8) is 0 Å². The number of carbonyl (C=O) groups excluding carboxylic acids is 1. The van der Waals surface area contributed by atoms with E-state index < -0.39 is 23.6 Å². The van der Waals surface area contributed by atoms with Gasteiger partial charge in [0.05, 0.1) is 12.0 Å². The number of hydrogen-bond acceptors (Lipinski definition) is 3. The van der Waals surface area contributed by atoms with Crippen LogP contribution in [-0.2, 0) is 9.53 Å². The number of carbonyl (C=O) groups is 2. The molecule has 1 heterocycles. The zero-order valence-corrected chi connectivity index (χ0v) is 13.3. The van der Waals surface area contributed by atoms with Gasteiger partial charge in [-0.2, -0.15) is 0 Å². The summed E-state index contributed by atoms with van der Waals surface area (Å²) in [7, 11) is 0. The van der Waals surface area contributed by atoms with Crippen LogP contribution in [0.3, 0.4) is 0 Å². The van der Waals surface area contributed by atoms with Crippen LogP contribution in [0.2, 0.25) is 0 Å². The van der Waals surface area contributed by atoms with Crippen molar-refractivity contribution >= 4 is 12.1 Å². The highest BCUT2D eigenvalue weighted by Crippen LogP contribution is 2.34. The van der Waals surface area contributed by atoms with Gasteiger partial charge in [0, 0.05) is 6.54 Å². The number of rotatable bonds is 2. The summed E-state index contributed by atoms with van der Waals surface area (Å²) in [5, 5.41) is 9.25. The smallest absolute Gasteiger partial charge is 0.410 e. The molecule has 1 aliphatic heterocycles. The molecule has 1 N–H and O–H groups in total. The van der Waals surface area contributed by atoms with Gasteiger partial charge in [0.15, 0.2) is 0 Å². The van der Waals surface area contributed by atoms with Gasteiger partial charge in [0.2, 0.25) is 0 Å². The van der Waals surface area contributed by atoms with Crippen LogP contribution < -0.4 is 0 Å². The predicted molar refractivity (Wildman–Crippen MR) is 82.5 cm³/mol. The first-order valence-corrected chi connectivity index (χ1v) is 7.55. The first-order valence-electron chi connectivity index (χ1n) is 7.55. The fraction of sp³-hybridized carbons (Fsp3) is 0.529. The zero-order chi connectivity index (χ0) is 16.3. The minimum atomic E-state index is -0.861. The summed E-state index contributed by atoms with van der Waals surface area (Å²) >= 11 is 0. The monoisotopic (exact) mass is 305 g/mol. The molecule has 0 unspecified atom stereocenters. The molecule has 0 spiro atoms. The molecule has 1 aliphatic rings. The summed E-state index contributed by atoms with van der Waals surface area (Å²) in [5.74, 6) is -1.40. The van der Waals surface area contributed by atoms with Gasteiger partial charge in [-0.3, -0.25) is 4.79 Å². The minimum Gasteiger partial charge on any atom is -0.481 e. The molecule has 0 bridgehead atoms. The van der Waals surface area contributed by atoms with Gasteiger partial charge >= 0.3 is 12.1 Å². The molecule has 1 amide bonds. The molecule has 0 aliphatic carbocycles. The Bertz CT molecular complexity index is 535. The van der Waals surface area contributed by atoms with Crippen LogP contribution in [-0.4, -0.2) is 34.2 Å². The number of ether oxygens (including phenoxy) is 1. The number of hydrogen-bond donors (Lipinski definition) is 1. The maximum absolute atomic E-state index is 12.5. The molecular formula is C17H23NO4. The fourth-order valence-electron chi connectivity index (χ4n) is 2.72. The molecule has 0 saturated carbocycles. The second-order valence-corrected chi connectivity index (χ2v) is 6.67. The van der Waals surface area contributed by atoms with Gasteiger partial charge in [0.1, 0.15) is 5.60 Å². The third-order valence-electron chi connectivity index (χ3n) is 3.74. The van der Waals surface area contributed by atoms with Crippen LogP contribution in [0.15, 0.2) is 30.3 Å². The molecular weight excluding hydrogens is 282 g/mol. The largest absolute Gasteiger partial charge is 0.481 e. The van der Waals surface area contributed by atoms with Crippen LogP contribution in [0.4, 0.5) is 4.79 Å². The minimum absolute atomic E-state index is 0.133.